The molecule has 0 radical (unpaired) electrons. The van der Waals surface area contributed by atoms with E-state index >= 15 is 0 Å². The van der Waals surface area contributed by atoms with Crippen molar-refractivity contribution in [2.24, 2.45) is 0 Å². The molecule has 0 saturated heterocycles. The molecule has 0 N–H and O–H groups in total. The van der Waals surface area contributed by atoms with E-state index in [0.717, 1.165) is 30.0 Å². The van der Waals surface area contributed by atoms with Crippen molar-refractivity contribution in [3.05, 3.63) is 53.3 Å². The van der Waals surface area contributed by atoms with E-state index in [1.54, 1.807) is 6.07 Å². The lowest BCUT2D eigenvalue weighted by Crippen LogP contribution is -2.05. The van der Waals surface area contributed by atoms with Gasteiger partial charge in [0, 0.05) is 9.79 Å². The number of rotatable bonds is 3. The maximum atomic E-state index is 13.5. The monoisotopic (exact) mass is 327 g/mol. The number of nitrogens with zero attached hydrogens (tertiary/aromatic N) is 1. The maximum Gasteiger partial charge on any atom is 0.416 e. The smallest absolute Gasteiger partial charge is 0.416 e. The molecular weight excluding hydrogens is 318 g/mol. The average Bonchev–Trinajstić information content (AvgIpc) is 2.46. The third-order valence-corrected chi connectivity index (χ3v) is 3.79. The zero-order chi connectivity index (χ0) is 16.3. The summed E-state index contributed by atoms with van der Waals surface area (Å²) < 4.78 is 56.9. The molecule has 0 aliphatic heterocycles. The number of alkyl halides is 3. The third kappa shape index (κ3) is 3.52. The van der Waals surface area contributed by atoms with Crippen molar-refractivity contribution in [2.45, 2.75) is 16.0 Å². The van der Waals surface area contributed by atoms with Crippen molar-refractivity contribution < 1.29 is 22.3 Å². The molecule has 0 fully saturated rings. The SMILES string of the molecule is COc1cc(Sc2cccc(F)c2C#N)cc(C(F)(F)F)c1. The lowest BCUT2D eigenvalue weighted by atomic mass is 10.2. The molecule has 0 unspecified atom stereocenters. The summed E-state index contributed by atoms with van der Waals surface area (Å²) in [5.74, 6) is -0.682. The molecule has 7 heteroatoms. The van der Waals surface area contributed by atoms with Crippen LogP contribution in [0.3, 0.4) is 0 Å². The van der Waals surface area contributed by atoms with E-state index < -0.39 is 17.6 Å². The molecule has 0 aliphatic carbocycles. The molecule has 0 aromatic heterocycles. The van der Waals surface area contributed by atoms with Crippen LogP contribution in [0.15, 0.2) is 46.2 Å². The van der Waals surface area contributed by atoms with Gasteiger partial charge in [-0.05, 0) is 30.3 Å². The third-order valence-electron chi connectivity index (χ3n) is 2.76. The molecule has 0 amide bonds. The zero-order valence-corrected chi connectivity index (χ0v) is 12.1. The Morgan fingerprint density at radius 2 is 1.91 bits per heavy atom. The van der Waals surface area contributed by atoms with Crippen molar-refractivity contribution in [2.75, 3.05) is 7.11 Å². The highest BCUT2D eigenvalue weighted by Crippen LogP contribution is 2.38. The summed E-state index contributed by atoms with van der Waals surface area (Å²) in [6.07, 6.45) is -4.52. The molecule has 0 bridgehead atoms. The fourth-order valence-corrected chi connectivity index (χ4v) is 2.74. The second-order valence-electron chi connectivity index (χ2n) is 4.22. The minimum absolute atomic E-state index is 0.0345. The van der Waals surface area contributed by atoms with Gasteiger partial charge in [-0.15, -0.1) is 0 Å². The number of nitriles is 1. The molecule has 0 heterocycles. The van der Waals surface area contributed by atoms with Gasteiger partial charge in [0.1, 0.15) is 23.2 Å². The molecule has 2 rings (SSSR count). The van der Waals surface area contributed by atoms with Crippen LogP contribution in [0, 0.1) is 17.1 Å². The summed E-state index contributed by atoms with van der Waals surface area (Å²) in [4.78, 5) is 0.442. The number of benzene rings is 2. The van der Waals surface area contributed by atoms with E-state index in [2.05, 4.69) is 0 Å². The van der Waals surface area contributed by atoms with Gasteiger partial charge >= 0.3 is 6.18 Å². The van der Waals surface area contributed by atoms with Crippen LogP contribution in [0.1, 0.15) is 11.1 Å². The summed E-state index contributed by atoms with van der Waals surface area (Å²) in [5, 5.41) is 8.95. The Morgan fingerprint density at radius 3 is 2.50 bits per heavy atom. The Hall–Kier alpha value is -2.20. The Kier molecular flexibility index (Phi) is 4.62. The summed E-state index contributed by atoms with van der Waals surface area (Å²) >= 11 is 0.870. The van der Waals surface area contributed by atoms with Gasteiger partial charge in [0.25, 0.3) is 0 Å². The number of methoxy groups -OCH3 is 1. The number of ether oxygens (including phenoxy) is 1. The predicted molar refractivity (Wildman–Crippen MR) is 73.2 cm³/mol. The Bertz CT molecular complexity index is 737. The summed E-state index contributed by atoms with van der Waals surface area (Å²) in [6, 6.07) is 8.89. The minimum atomic E-state index is -4.52. The normalized spacial score (nSPS) is 11.1. The van der Waals surface area contributed by atoms with Crippen LogP contribution in [-0.2, 0) is 6.18 Å². The number of hydrogen-bond donors (Lipinski definition) is 0. The fraction of sp³-hybridized carbons (Fsp3) is 0.133. The summed E-state index contributed by atoms with van der Waals surface area (Å²) in [6.45, 7) is 0. The van der Waals surface area contributed by atoms with E-state index in [1.165, 1.54) is 25.3 Å². The molecule has 0 saturated carbocycles. The Morgan fingerprint density at radius 1 is 1.18 bits per heavy atom. The molecular formula is C15H9F4NOS. The maximum absolute atomic E-state index is 13.5. The second-order valence-corrected chi connectivity index (χ2v) is 5.34. The minimum Gasteiger partial charge on any atom is -0.497 e. The van der Waals surface area contributed by atoms with E-state index in [0.29, 0.717) is 0 Å². The summed E-state index contributed by atoms with van der Waals surface area (Å²) in [7, 11) is 1.26. The fourth-order valence-electron chi connectivity index (χ4n) is 1.74. The molecule has 22 heavy (non-hydrogen) atoms. The molecule has 0 atom stereocenters. The van der Waals surface area contributed by atoms with Crippen molar-refractivity contribution >= 4 is 11.8 Å². The Labute approximate surface area is 128 Å². The number of halogens is 4. The van der Waals surface area contributed by atoms with Crippen molar-refractivity contribution in [3.8, 4) is 11.8 Å². The van der Waals surface area contributed by atoms with E-state index in [4.69, 9.17) is 10.00 Å². The molecule has 2 nitrogen and oxygen atoms in total. The highest BCUT2D eigenvalue weighted by molar-refractivity contribution is 7.99. The molecule has 2 aromatic rings. The van der Waals surface area contributed by atoms with Crippen LogP contribution >= 0.6 is 11.8 Å². The average molecular weight is 327 g/mol. The van der Waals surface area contributed by atoms with Crippen LogP contribution < -0.4 is 4.74 Å². The Balaban J connectivity index is 2.46. The molecule has 0 aliphatic rings. The first-order valence-corrected chi connectivity index (χ1v) is 6.79. The van der Waals surface area contributed by atoms with Gasteiger partial charge in [-0.3, -0.25) is 0 Å². The van der Waals surface area contributed by atoms with Gasteiger partial charge in [-0.1, -0.05) is 17.8 Å². The van der Waals surface area contributed by atoms with Crippen LogP contribution in [0.2, 0.25) is 0 Å². The van der Waals surface area contributed by atoms with Crippen LogP contribution in [0.4, 0.5) is 17.6 Å². The van der Waals surface area contributed by atoms with Gasteiger partial charge in [-0.2, -0.15) is 18.4 Å². The van der Waals surface area contributed by atoms with Gasteiger partial charge in [0.05, 0.1) is 12.7 Å². The van der Waals surface area contributed by atoms with Crippen molar-refractivity contribution in [1.82, 2.24) is 0 Å². The van der Waals surface area contributed by atoms with E-state index in [1.807, 2.05) is 0 Å². The van der Waals surface area contributed by atoms with Gasteiger partial charge in [-0.25, -0.2) is 4.39 Å². The van der Waals surface area contributed by atoms with E-state index in [9.17, 15) is 17.6 Å². The first kappa shape index (κ1) is 16.2. The van der Waals surface area contributed by atoms with Gasteiger partial charge < -0.3 is 4.74 Å². The molecule has 0 spiro atoms. The van der Waals surface area contributed by atoms with Crippen molar-refractivity contribution in [3.63, 3.8) is 0 Å². The highest BCUT2D eigenvalue weighted by Gasteiger charge is 2.31. The highest BCUT2D eigenvalue weighted by atomic mass is 32.2. The van der Waals surface area contributed by atoms with Crippen molar-refractivity contribution in [1.29, 1.82) is 5.26 Å². The van der Waals surface area contributed by atoms with Gasteiger partial charge in [0.2, 0.25) is 0 Å². The lowest BCUT2D eigenvalue weighted by Gasteiger charge is -2.12. The largest absolute Gasteiger partial charge is 0.497 e. The summed E-state index contributed by atoms with van der Waals surface area (Å²) in [5.41, 5.74) is -1.08. The quantitative estimate of drug-likeness (QED) is 0.754. The topological polar surface area (TPSA) is 33.0 Å². The first-order valence-electron chi connectivity index (χ1n) is 5.98. The van der Waals surface area contributed by atoms with E-state index in [-0.39, 0.29) is 21.1 Å². The second kappa shape index (κ2) is 6.28. The molecule has 2 aromatic carbocycles. The standard InChI is InChI=1S/C15H9F4NOS/c1-21-10-5-9(15(17,18)19)6-11(7-10)22-14-4-2-3-13(16)12(14)8-20/h2-7H,1H3. The van der Waals surface area contributed by atoms with Crippen LogP contribution in [0.5, 0.6) is 5.75 Å². The predicted octanol–water partition coefficient (Wildman–Crippen LogP) is 4.88. The zero-order valence-electron chi connectivity index (χ0n) is 11.2. The lowest BCUT2D eigenvalue weighted by molar-refractivity contribution is -0.137. The van der Waals surface area contributed by atoms with Gasteiger partial charge in [0.15, 0.2) is 0 Å². The number of hydrogen-bond acceptors (Lipinski definition) is 3. The molecule has 114 valence electrons. The first-order chi connectivity index (χ1) is 10.3. The van der Waals surface area contributed by atoms with Crippen LogP contribution in [-0.4, -0.2) is 7.11 Å². The van der Waals surface area contributed by atoms with Crippen LogP contribution in [0.25, 0.3) is 0 Å².